The van der Waals surface area contributed by atoms with E-state index < -0.39 is 0 Å². The molecule has 1 aliphatic heterocycles. The fourth-order valence-electron chi connectivity index (χ4n) is 2.41. The molecule has 114 valence electrons. The Bertz CT molecular complexity index is 650. The van der Waals surface area contributed by atoms with Gasteiger partial charge in [0.25, 0.3) is 5.91 Å². The largest absolute Gasteiger partial charge is 0.484 e. The van der Waals surface area contributed by atoms with Crippen molar-refractivity contribution in [2.45, 2.75) is 5.37 Å². The number of carbonyl (C=O) groups excluding carboxylic acids is 1. The number of benzene rings is 2. The molecule has 0 aromatic heterocycles. The summed E-state index contributed by atoms with van der Waals surface area (Å²) in [5.41, 5.74) is 0.815. The second-order valence-electron chi connectivity index (χ2n) is 4.97. The number of thioether (sulfide) groups is 1. The molecule has 2 aromatic carbocycles. The first-order valence-corrected chi connectivity index (χ1v) is 8.13. The second-order valence-corrected chi connectivity index (χ2v) is 6.16. The lowest BCUT2D eigenvalue weighted by atomic mass is 10.2. The summed E-state index contributed by atoms with van der Waals surface area (Å²) >= 11 is 1.65. The molecule has 1 heterocycles. The Morgan fingerprint density at radius 2 is 2.05 bits per heavy atom. The van der Waals surface area contributed by atoms with E-state index in [1.165, 1.54) is 12.1 Å². The lowest BCUT2D eigenvalue weighted by Crippen LogP contribution is -2.34. The van der Waals surface area contributed by atoms with E-state index in [9.17, 15) is 9.18 Å². The number of amides is 1. The van der Waals surface area contributed by atoms with E-state index in [-0.39, 0.29) is 23.7 Å². The van der Waals surface area contributed by atoms with Crippen molar-refractivity contribution in [2.75, 3.05) is 18.9 Å². The summed E-state index contributed by atoms with van der Waals surface area (Å²) < 4.78 is 18.9. The van der Waals surface area contributed by atoms with Crippen LogP contribution in [0.5, 0.6) is 5.75 Å². The third kappa shape index (κ3) is 3.42. The van der Waals surface area contributed by atoms with Crippen LogP contribution in [0.2, 0.25) is 0 Å². The summed E-state index contributed by atoms with van der Waals surface area (Å²) in [7, 11) is 0. The van der Waals surface area contributed by atoms with Crippen LogP contribution < -0.4 is 4.74 Å². The first-order chi connectivity index (χ1) is 10.7. The van der Waals surface area contributed by atoms with Gasteiger partial charge in [0, 0.05) is 12.3 Å². The van der Waals surface area contributed by atoms with Crippen molar-refractivity contribution >= 4 is 17.7 Å². The van der Waals surface area contributed by atoms with Crippen molar-refractivity contribution in [1.82, 2.24) is 4.90 Å². The molecule has 0 radical (unpaired) electrons. The number of rotatable bonds is 4. The van der Waals surface area contributed by atoms with Gasteiger partial charge in [0.15, 0.2) is 6.61 Å². The van der Waals surface area contributed by atoms with Crippen LogP contribution in [0.3, 0.4) is 0 Å². The van der Waals surface area contributed by atoms with Crippen LogP contribution in [0.15, 0.2) is 54.6 Å². The maximum Gasteiger partial charge on any atom is 0.261 e. The van der Waals surface area contributed by atoms with Gasteiger partial charge in [-0.05, 0) is 29.8 Å². The van der Waals surface area contributed by atoms with E-state index in [1.54, 1.807) is 22.7 Å². The molecule has 1 aliphatic rings. The average molecular weight is 317 g/mol. The third-order valence-electron chi connectivity index (χ3n) is 3.45. The van der Waals surface area contributed by atoms with Gasteiger partial charge in [0.05, 0.1) is 0 Å². The molecule has 22 heavy (non-hydrogen) atoms. The van der Waals surface area contributed by atoms with Crippen LogP contribution in [0.4, 0.5) is 4.39 Å². The van der Waals surface area contributed by atoms with Crippen molar-refractivity contribution < 1.29 is 13.9 Å². The van der Waals surface area contributed by atoms with Crippen LogP contribution in [0, 0.1) is 5.82 Å². The van der Waals surface area contributed by atoms with Crippen LogP contribution in [-0.2, 0) is 4.79 Å². The fourth-order valence-corrected chi connectivity index (χ4v) is 3.67. The van der Waals surface area contributed by atoms with E-state index >= 15 is 0 Å². The molecule has 0 spiro atoms. The van der Waals surface area contributed by atoms with Crippen LogP contribution in [0.1, 0.15) is 10.9 Å². The van der Waals surface area contributed by atoms with Gasteiger partial charge in [-0.15, -0.1) is 11.8 Å². The predicted octanol–water partition coefficient (Wildman–Crippen LogP) is 3.48. The minimum absolute atomic E-state index is 0.00358. The van der Waals surface area contributed by atoms with Gasteiger partial charge < -0.3 is 9.64 Å². The molecule has 0 N–H and O–H groups in total. The molecule has 2 aromatic rings. The number of nitrogens with zero attached hydrogens (tertiary/aromatic N) is 1. The highest BCUT2D eigenvalue weighted by Crippen LogP contribution is 2.38. The number of carbonyl (C=O) groups is 1. The van der Waals surface area contributed by atoms with Crippen LogP contribution in [0.25, 0.3) is 0 Å². The molecule has 1 saturated heterocycles. The quantitative estimate of drug-likeness (QED) is 0.864. The normalized spacial score (nSPS) is 17.5. The highest BCUT2D eigenvalue weighted by atomic mass is 32.2. The fraction of sp³-hybridized carbons (Fsp3) is 0.235. The van der Waals surface area contributed by atoms with Gasteiger partial charge in [-0.25, -0.2) is 4.39 Å². The van der Waals surface area contributed by atoms with Crippen molar-refractivity contribution in [3.63, 3.8) is 0 Å². The summed E-state index contributed by atoms with van der Waals surface area (Å²) in [6.45, 7) is 0.652. The molecule has 5 heteroatoms. The summed E-state index contributed by atoms with van der Waals surface area (Å²) in [5, 5.41) is -0.137. The molecule has 3 rings (SSSR count). The summed E-state index contributed by atoms with van der Waals surface area (Å²) in [4.78, 5) is 14.1. The van der Waals surface area contributed by atoms with Gasteiger partial charge in [0.1, 0.15) is 16.9 Å². The van der Waals surface area contributed by atoms with Crippen molar-refractivity contribution in [3.8, 4) is 5.75 Å². The van der Waals surface area contributed by atoms with Gasteiger partial charge in [-0.2, -0.15) is 0 Å². The molecule has 1 fully saturated rings. The maximum atomic E-state index is 13.4. The molecule has 0 unspecified atom stereocenters. The molecular formula is C17H16FNO2S. The Kier molecular flexibility index (Phi) is 4.63. The molecule has 0 bridgehead atoms. The topological polar surface area (TPSA) is 29.5 Å². The van der Waals surface area contributed by atoms with E-state index in [1.807, 2.05) is 36.4 Å². The van der Waals surface area contributed by atoms with Gasteiger partial charge >= 0.3 is 0 Å². The van der Waals surface area contributed by atoms with Crippen molar-refractivity contribution in [1.29, 1.82) is 0 Å². The van der Waals surface area contributed by atoms with Gasteiger partial charge in [-0.3, -0.25) is 4.79 Å². The Labute approximate surface area is 133 Å². The number of hydrogen-bond donors (Lipinski definition) is 0. The lowest BCUT2D eigenvalue weighted by Gasteiger charge is -2.24. The van der Waals surface area contributed by atoms with E-state index in [0.717, 1.165) is 11.3 Å². The minimum atomic E-state index is -0.280. The van der Waals surface area contributed by atoms with Crippen molar-refractivity contribution in [3.05, 3.63) is 66.0 Å². The maximum absolute atomic E-state index is 13.4. The van der Waals surface area contributed by atoms with Gasteiger partial charge in [0.2, 0.25) is 0 Å². The highest BCUT2D eigenvalue weighted by Gasteiger charge is 2.30. The number of ether oxygens (including phenoxy) is 1. The monoisotopic (exact) mass is 317 g/mol. The summed E-state index contributed by atoms with van der Waals surface area (Å²) in [6, 6.07) is 15.7. The van der Waals surface area contributed by atoms with Crippen LogP contribution in [-0.4, -0.2) is 29.7 Å². The first kappa shape index (κ1) is 14.9. The standard InChI is InChI=1S/C17H16FNO2S/c18-14-6-4-5-13(11-14)17-19(9-10-22-17)16(20)12-21-15-7-2-1-3-8-15/h1-8,11,17H,9-10,12H2/t17-/m1/s1. The van der Waals surface area contributed by atoms with Crippen molar-refractivity contribution in [2.24, 2.45) is 0 Å². The summed E-state index contributed by atoms with van der Waals surface area (Å²) in [5.74, 6) is 1.16. The smallest absolute Gasteiger partial charge is 0.261 e. The molecular weight excluding hydrogens is 301 g/mol. The van der Waals surface area contributed by atoms with E-state index in [0.29, 0.717) is 12.3 Å². The minimum Gasteiger partial charge on any atom is -0.484 e. The zero-order valence-electron chi connectivity index (χ0n) is 11.9. The van der Waals surface area contributed by atoms with Gasteiger partial charge in [-0.1, -0.05) is 30.3 Å². The second kappa shape index (κ2) is 6.83. The van der Waals surface area contributed by atoms with Crippen LogP contribution >= 0.6 is 11.8 Å². The molecule has 0 saturated carbocycles. The first-order valence-electron chi connectivity index (χ1n) is 7.08. The van der Waals surface area contributed by atoms with E-state index in [4.69, 9.17) is 4.74 Å². The molecule has 0 aliphatic carbocycles. The highest BCUT2D eigenvalue weighted by molar-refractivity contribution is 7.99. The Morgan fingerprint density at radius 1 is 1.23 bits per heavy atom. The molecule has 1 amide bonds. The number of para-hydroxylation sites is 1. The summed E-state index contributed by atoms with van der Waals surface area (Å²) in [6.07, 6.45) is 0. The average Bonchev–Trinajstić information content (AvgIpc) is 3.03. The Morgan fingerprint density at radius 3 is 2.82 bits per heavy atom. The Hall–Kier alpha value is -2.01. The molecule has 3 nitrogen and oxygen atoms in total. The lowest BCUT2D eigenvalue weighted by molar-refractivity contribution is -0.133. The number of halogens is 1. The number of hydrogen-bond acceptors (Lipinski definition) is 3. The van der Waals surface area contributed by atoms with E-state index in [2.05, 4.69) is 0 Å². The SMILES string of the molecule is O=C(COc1ccccc1)N1CCS[C@@H]1c1cccc(F)c1. The molecule has 1 atom stereocenters. The zero-order valence-corrected chi connectivity index (χ0v) is 12.8. The third-order valence-corrected chi connectivity index (χ3v) is 4.71. The predicted molar refractivity (Wildman–Crippen MR) is 85.2 cm³/mol. The Balaban J connectivity index is 1.66. The zero-order chi connectivity index (χ0) is 15.4.